The van der Waals surface area contributed by atoms with Crippen molar-refractivity contribution in [2.24, 2.45) is 7.05 Å². The fourth-order valence-electron chi connectivity index (χ4n) is 5.81. The van der Waals surface area contributed by atoms with E-state index in [-0.39, 0.29) is 19.2 Å². The van der Waals surface area contributed by atoms with E-state index in [0.717, 1.165) is 53.6 Å². The molecule has 5 rings (SSSR count). The fourth-order valence-corrected chi connectivity index (χ4v) is 6.56. The summed E-state index contributed by atoms with van der Waals surface area (Å²) in [5.74, 6) is -0.704. The number of ether oxygens (including phenoxy) is 1. The molecule has 4 aromatic rings. The first-order valence-corrected chi connectivity index (χ1v) is 18.6. The normalized spacial score (nSPS) is 15.3. The Morgan fingerprint density at radius 3 is 2.53 bits per heavy atom. The molecule has 0 bridgehead atoms. The molecule has 0 saturated heterocycles. The largest absolute Gasteiger partial charge is 0.360 e. The van der Waals surface area contributed by atoms with E-state index in [0.29, 0.717) is 18.1 Å². The summed E-state index contributed by atoms with van der Waals surface area (Å²) in [6, 6.07) is 18.0. The maximum absolute atomic E-state index is 13.8. The number of hydrogen-bond donors (Lipinski definition) is 2. The van der Waals surface area contributed by atoms with Crippen LogP contribution in [0.5, 0.6) is 0 Å². The Balaban J connectivity index is 0.00000442. The molecular formula is C33H44N6O3Si. The van der Waals surface area contributed by atoms with Gasteiger partial charge in [0.05, 0.1) is 5.69 Å². The van der Waals surface area contributed by atoms with E-state index >= 15 is 0 Å². The molecule has 0 saturated carbocycles. The highest BCUT2D eigenvalue weighted by Gasteiger charge is 2.36. The fraction of sp³-hybridized carbons (Fsp3) is 0.394. The number of benzene rings is 2. The highest BCUT2D eigenvalue weighted by atomic mass is 28.3. The molecule has 0 radical (unpaired) electrons. The zero-order valence-corrected chi connectivity index (χ0v) is 27.0. The van der Waals surface area contributed by atoms with Gasteiger partial charge in [-0.3, -0.25) is 14.3 Å². The van der Waals surface area contributed by atoms with Gasteiger partial charge in [0.15, 0.2) is 0 Å². The van der Waals surface area contributed by atoms with Crippen LogP contribution in [0.4, 0.5) is 5.69 Å². The summed E-state index contributed by atoms with van der Waals surface area (Å²) in [6.07, 6.45) is 3.23. The molecule has 2 aromatic carbocycles. The number of carbonyl (C=O) groups is 2. The second kappa shape index (κ2) is 12.7. The lowest BCUT2D eigenvalue weighted by Gasteiger charge is -2.25. The third-order valence-corrected chi connectivity index (χ3v) is 9.94. The van der Waals surface area contributed by atoms with Crippen LogP contribution in [0.2, 0.25) is 25.7 Å². The Labute approximate surface area is 256 Å². The SMILES string of the molecule is Cc1nn(COCC[Si](C)(C)C)c(C)c1-c1ccc(NC(=O)[C@@H](NC(=O)c2ccnn2C)[C@H]2CCc3ccccc32)cc1.[HH]. The Hall–Kier alpha value is -4.02. The summed E-state index contributed by atoms with van der Waals surface area (Å²) < 4.78 is 9.37. The molecule has 0 unspecified atom stereocenters. The van der Waals surface area contributed by atoms with Gasteiger partial charge in [-0.15, -0.1) is 0 Å². The molecule has 1 aliphatic carbocycles. The van der Waals surface area contributed by atoms with Crippen LogP contribution in [0.1, 0.15) is 46.8 Å². The average molecular weight is 601 g/mol. The highest BCUT2D eigenvalue weighted by molar-refractivity contribution is 6.76. The predicted molar refractivity (Wildman–Crippen MR) is 174 cm³/mol. The third-order valence-electron chi connectivity index (χ3n) is 8.24. The molecule has 43 heavy (non-hydrogen) atoms. The minimum absolute atomic E-state index is 0. The van der Waals surface area contributed by atoms with Gasteiger partial charge in [-0.05, 0) is 67.6 Å². The van der Waals surface area contributed by atoms with Crippen molar-refractivity contribution >= 4 is 25.6 Å². The summed E-state index contributed by atoms with van der Waals surface area (Å²) >= 11 is 0. The van der Waals surface area contributed by atoms with Crippen LogP contribution in [0, 0.1) is 13.8 Å². The number of amides is 2. The molecule has 2 heterocycles. The average Bonchev–Trinajstić information content (AvgIpc) is 3.66. The molecule has 2 N–H and O–H groups in total. The molecule has 0 fully saturated rings. The Kier molecular flexibility index (Phi) is 8.98. The number of rotatable bonds is 11. The summed E-state index contributed by atoms with van der Waals surface area (Å²) in [4.78, 5) is 27.0. The molecule has 9 nitrogen and oxygen atoms in total. The van der Waals surface area contributed by atoms with E-state index in [1.54, 1.807) is 19.3 Å². The van der Waals surface area contributed by atoms with E-state index < -0.39 is 14.1 Å². The zero-order valence-electron chi connectivity index (χ0n) is 26.0. The quantitative estimate of drug-likeness (QED) is 0.164. The summed E-state index contributed by atoms with van der Waals surface area (Å²) in [5.41, 5.74) is 7.45. The van der Waals surface area contributed by atoms with Crippen molar-refractivity contribution in [3.05, 3.63) is 89.0 Å². The Morgan fingerprint density at radius 2 is 1.84 bits per heavy atom. The van der Waals surface area contributed by atoms with Crippen molar-refractivity contribution in [1.29, 1.82) is 0 Å². The van der Waals surface area contributed by atoms with Crippen molar-refractivity contribution in [3.8, 4) is 11.1 Å². The smallest absolute Gasteiger partial charge is 0.270 e. The minimum Gasteiger partial charge on any atom is -0.360 e. The molecule has 0 aliphatic heterocycles. The number of hydrogen-bond acceptors (Lipinski definition) is 5. The number of nitrogens with one attached hydrogen (secondary N) is 2. The van der Waals surface area contributed by atoms with Crippen LogP contribution in [0.3, 0.4) is 0 Å². The van der Waals surface area contributed by atoms with Crippen LogP contribution in [-0.2, 0) is 29.7 Å². The summed E-state index contributed by atoms with van der Waals surface area (Å²) in [7, 11) is 0.566. The van der Waals surface area contributed by atoms with Crippen molar-refractivity contribution in [2.75, 3.05) is 11.9 Å². The number of anilines is 1. The van der Waals surface area contributed by atoms with Gasteiger partial charge in [-0.2, -0.15) is 10.2 Å². The molecule has 2 amide bonds. The van der Waals surface area contributed by atoms with Crippen molar-refractivity contribution in [2.45, 2.75) is 71.1 Å². The Morgan fingerprint density at radius 1 is 1.09 bits per heavy atom. The van der Waals surface area contributed by atoms with Gasteiger partial charge in [0, 0.05) is 52.2 Å². The van der Waals surface area contributed by atoms with Crippen LogP contribution in [-0.4, -0.2) is 52.1 Å². The molecular weight excluding hydrogens is 556 g/mol. The van der Waals surface area contributed by atoms with E-state index in [2.05, 4.69) is 54.4 Å². The highest BCUT2D eigenvalue weighted by Crippen LogP contribution is 2.36. The van der Waals surface area contributed by atoms with Crippen molar-refractivity contribution in [1.82, 2.24) is 24.9 Å². The molecule has 2 atom stereocenters. The standard InChI is InChI=1S/C33H42N6O3Si.H2/c1-22-30(23(2)39(37-22)21-42-19-20-43(4,5)6)25-11-14-26(15-12-25)35-33(41)31(36-32(40)29-17-18-34-38(29)3)28-16-13-24-9-7-8-10-27(24)28;/h7-12,14-15,17-18,28,31H,13,16,19-21H2,1-6H3,(H,35,41)(H,36,40);1H/t28-,31-;/m0./s1. The van der Waals surface area contributed by atoms with Crippen LogP contribution < -0.4 is 10.6 Å². The van der Waals surface area contributed by atoms with Gasteiger partial charge >= 0.3 is 0 Å². The minimum atomic E-state index is -1.15. The molecule has 10 heteroatoms. The third kappa shape index (κ3) is 6.97. The Bertz CT molecular complexity index is 1610. The first kappa shape index (κ1) is 30.4. The number of fused-ring (bicyclic) bond motifs is 1. The van der Waals surface area contributed by atoms with Gasteiger partial charge < -0.3 is 15.4 Å². The van der Waals surface area contributed by atoms with Crippen LogP contribution >= 0.6 is 0 Å². The molecule has 2 aromatic heterocycles. The number of nitrogens with zero attached hydrogens (tertiary/aromatic N) is 4. The zero-order chi connectivity index (χ0) is 30.7. The molecule has 228 valence electrons. The lowest BCUT2D eigenvalue weighted by molar-refractivity contribution is -0.118. The lowest BCUT2D eigenvalue weighted by atomic mass is 9.92. The summed E-state index contributed by atoms with van der Waals surface area (Å²) in [5, 5.41) is 14.9. The van der Waals surface area contributed by atoms with Gasteiger partial charge in [0.25, 0.3) is 5.91 Å². The molecule has 1 aliphatic rings. The monoisotopic (exact) mass is 600 g/mol. The topological polar surface area (TPSA) is 103 Å². The van der Waals surface area contributed by atoms with Crippen LogP contribution in [0.15, 0.2) is 60.8 Å². The van der Waals surface area contributed by atoms with E-state index in [1.807, 2.05) is 48.0 Å². The summed E-state index contributed by atoms with van der Waals surface area (Å²) in [6.45, 7) is 12.3. The van der Waals surface area contributed by atoms with E-state index in [1.165, 1.54) is 10.2 Å². The number of carbonyl (C=O) groups excluding carboxylic acids is 2. The lowest BCUT2D eigenvalue weighted by Crippen LogP contribution is -2.47. The van der Waals surface area contributed by atoms with Crippen molar-refractivity contribution < 1.29 is 15.8 Å². The predicted octanol–water partition coefficient (Wildman–Crippen LogP) is 5.93. The van der Waals surface area contributed by atoms with Gasteiger partial charge in [-0.25, -0.2) is 4.68 Å². The van der Waals surface area contributed by atoms with Crippen LogP contribution in [0.25, 0.3) is 11.1 Å². The second-order valence-electron chi connectivity index (χ2n) is 12.6. The molecule has 0 spiro atoms. The maximum atomic E-state index is 13.8. The van der Waals surface area contributed by atoms with E-state index in [9.17, 15) is 9.59 Å². The van der Waals surface area contributed by atoms with Crippen molar-refractivity contribution in [3.63, 3.8) is 0 Å². The van der Waals surface area contributed by atoms with Gasteiger partial charge in [-0.1, -0.05) is 56.0 Å². The number of aromatic nitrogens is 4. The van der Waals surface area contributed by atoms with Gasteiger partial charge in [0.2, 0.25) is 5.91 Å². The first-order valence-electron chi connectivity index (χ1n) is 14.9. The number of aryl methyl sites for hydroxylation is 3. The second-order valence-corrected chi connectivity index (χ2v) is 18.2. The first-order chi connectivity index (χ1) is 20.5. The van der Waals surface area contributed by atoms with E-state index in [4.69, 9.17) is 9.84 Å². The maximum Gasteiger partial charge on any atom is 0.270 e. The van der Waals surface area contributed by atoms with Gasteiger partial charge in [0.1, 0.15) is 18.5 Å².